The SMILES string of the molecule is COc1ccc(C)c2c(C)c(C3CCCN3)n(C)c12. The summed E-state index contributed by atoms with van der Waals surface area (Å²) in [5.41, 5.74) is 5.37. The van der Waals surface area contributed by atoms with Crippen molar-refractivity contribution in [2.75, 3.05) is 13.7 Å². The standard InChI is InChI=1S/C16H22N2O/c1-10-7-8-13(19-4)16-14(10)11(2)15(18(16)3)12-6-5-9-17-12/h7-8,12,17H,5-6,9H2,1-4H3. The fourth-order valence-corrected chi connectivity index (χ4v) is 3.56. The van der Waals surface area contributed by atoms with Gasteiger partial charge in [0.05, 0.1) is 12.6 Å². The average molecular weight is 258 g/mol. The maximum atomic E-state index is 5.55. The van der Waals surface area contributed by atoms with E-state index in [2.05, 4.69) is 42.9 Å². The Morgan fingerprint density at radius 1 is 1.32 bits per heavy atom. The molecule has 0 spiro atoms. The molecule has 3 nitrogen and oxygen atoms in total. The Bertz CT molecular complexity index is 621. The van der Waals surface area contributed by atoms with E-state index in [0.29, 0.717) is 6.04 Å². The van der Waals surface area contributed by atoms with E-state index < -0.39 is 0 Å². The third-order valence-electron chi connectivity index (χ3n) is 4.42. The highest BCUT2D eigenvalue weighted by Gasteiger charge is 2.25. The fourth-order valence-electron chi connectivity index (χ4n) is 3.56. The Kier molecular flexibility index (Phi) is 3.02. The number of aryl methyl sites for hydroxylation is 3. The van der Waals surface area contributed by atoms with Crippen LogP contribution in [0, 0.1) is 13.8 Å². The van der Waals surface area contributed by atoms with Gasteiger partial charge in [0.1, 0.15) is 5.75 Å². The zero-order valence-electron chi connectivity index (χ0n) is 12.2. The summed E-state index contributed by atoms with van der Waals surface area (Å²) in [7, 11) is 3.91. The molecule has 1 saturated heterocycles. The molecule has 102 valence electrons. The molecule has 0 saturated carbocycles. The lowest BCUT2D eigenvalue weighted by atomic mass is 10.0. The molecule has 3 rings (SSSR count). The Hall–Kier alpha value is -1.48. The van der Waals surface area contributed by atoms with Gasteiger partial charge >= 0.3 is 0 Å². The quantitative estimate of drug-likeness (QED) is 0.895. The second-order valence-corrected chi connectivity index (χ2v) is 5.53. The van der Waals surface area contributed by atoms with Gasteiger partial charge in [-0.3, -0.25) is 0 Å². The van der Waals surface area contributed by atoms with E-state index in [1.165, 1.54) is 40.6 Å². The highest BCUT2D eigenvalue weighted by molar-refractivity contribution is 5.93. The molecule has 0 bridgehead atoms. The van der Waals surface area contributed by atoms with E-state index in [1.807, 2.05) is 0 Å². The third-order valence-corrected chi connectivity index (χ3v) is 4.42. The van der Waals surface area contributed by atoms with Crippen LogP contribution >= 0.6 is 0 Å². The second kappa shape index (κ2) is 4.57. The molecule has 2 aromatic rings. The van der Waals surface area contributed by atoms with Crippen LogP contribution in [0.3, 0.4) is 0 Å². The van der Waals surface area contributed by atoms with E-state index in [4.69, 9.17) is 4.74 Å². The first kappa shape index (κ1) is 12.5. The first-order valence-electron chi connectivity index (χ1n) is 7.01. The van der Waals surface area contributed by atoms with Crippen molar-refractivity contribution < 1.29 is 4.74 Å². The molecule has 1 fully saturated rings. The number of methoxy groups -OCH3 is 1. The van der Waals surface area contributed by atoms with Crippen LogP contribution in [0.25, 0.3) is 10.9 Å². The van der Waals surface area contributed by atoms with E-state index in [0.717, 1.165) is 12.3 Å². The summed E-state index contributed by atoms with van der Waals surface area (Å²) < 4.78 is 7.87. The molecule has 3 heteroatoms. The van der Waals surface area contributed by atoms with E-state index in [-0.39, 0.29) is 0 Å². The minimum Gasteiger partial charge on any atom is -0.495 e. The Balaban J connectivity index is 2.32. The summed E-state index contributed by atoms with van der Waals surface area (Å²) in [5, 5.41) is 4.96. The molecule has 0 aliphatic carbocycles. The minimum absolute atomic E-state index is 0.488. The molecule has 1 aromatic heterocycles. The maximum Gasteiger partial charge on any atom is 0.143 e. The number of ether oxygens (including phenoxy) is 1. The molecule has 1 unspecified atom stereocenters. The van der Waals surface area contributed by atoms with Crippen molar-refractivity contribution in [3.05, 3.63) is 29.0 Å². The molecular weight excluding hydrogens is 236 g/mol. The second-order valence-electron chi connectivity index (χ2n) is 5.53. The van der Waals surface area contributed by atoms with Crippen molar-refractivity contribution in [3.8, 4) is 5.75 Å². The Morgan fingerprint density at radius 2 is 2.11 bits per heavy atom. The van der Waals surface area contributed by atoms with Crippen LogP contribution in [0.15, 0.2) is 12.1 Å². The van der Waals surface area contributed by atoms with E-state index in [1.54, 1.807) is 7.11 Å². The monoisotopic (exact) mass is 258 g/mol. The van der Waals surface area contributed by atoms with Crippen LogP contribution < -0.4 is 10.1 Å². The summed E-state index contributed by atoms with van der Waals surface area (Å²) in [4.78, 5) is 0. The average Bonchev–Trinajstić information content (AvgIpc) is 2.99. The number of benzene rings is 1. The highest BCUT2D eigenvalue weighted by Crippen LogP contribution is 2.38. The summed E-state index contributed by atoms with van der Waals surface area (Å²) in [6.07, 6.45) is 2.49. The normalized spacial score (nSPS) is 19.3. The van der Waals surface area contributed by atoms with Crippen molar-refractivity contribution in [2.24, 2.45) is 7.05 Å². The number of hydrogen-bond acceptors (Lipinski definition) is 2. The molecule has 1 N–H and O–H groups in total. The summed E-state index contributed by atoms with van der Waals surface area (Å²) in [6.45, 7) is 5.55. The van der Waals surface area contributed by atoms with Crippen molar-refractivity contribution in [1.29, 1.82) is 0 Å². The van der Waals surface area contributed by atoms with Gasteiger partial charge in [0.2, 0.25) is 0 Å². The number of fused-ring (bicyclic) bond motifs is 1. The number of nitrogens with one attached hydrogen (secondary N) is 1. The first-order valence-corrected chi connectivity index (χ1v) is 7.01. The molecule has 1 atom stereocenters. The van der Waals surface area contributed by atoms with E-state index in [9.17, 15) is 0 Å². The topological polar surface area (TPSA) is 26.2 Å². The number of rotatable bonds is 2. The largest absolute Gasteiger partial charge is 0.495 e. The van der Waals surface area contributed by atoms with Gasteiger partial charge < -0.3 is 14.6 Å². The first-order chi connectivity index (χ1) is 9.15. The van der Waals surface area contributed by atoms with Gasteiger partial charge in [0.15, 0.2) is 0 Å². The molecule has 0 amide bonds. The fraction of sp³-hybridized carbons (Fsp3) is 0.500. The third kappa shape index (κ3) is 1.76. The van der Waals surface area contributed by atoms with Gasteiger partial charge in [-0.05, 0) is 50.4 Å². The molecule has 1 aromatic carbocycles. The van der Waals surface area contributed by atoms with Crippen LogP contribution in [-0.4, -0.2) is 18.2 Å². The van der Waals surface area contributed by atoms with Crippen LogP contribution in [0.5, 0.6) is 5.75 Å². The van der Waals surface area contributed by atoms with Crippen molar-refractivity contribution in [1.82, 2.24) is 9.88 Å². The maximum absolute atomic E-state index is 5.55. The zero-order chi connectivity index (χ0) is 13.6. The van der Waals surface area contributed by atoms with Crippen LogP contribution in [0.2, 0.25) is 0 Å². The molecule has 1 aliphatic heterocycles. The minimum atomic E-state index is 0.488. The zero-order valence-corrected chi connectivity index (χ0v) is 12.2. The lowest BCUT2D eigenvalue weighted by Gasteiger charge is -2.14. The van der Waals surface area contributed by atoms with Gasteiger partial charge in [-0.25, -0.2) is 0 Å². The van der Waals surface area contributed by atoms with Gasteiger partial charge in [-0.15, -0.1) is 0 Å². The lowest BCUT2D eigenvalue weighted by Crippen LogP contribution is -2.16. The number of hydrogen-bond donors (Lipinski definition) is 1. The summed E-state index contributed by atoms with van der Waals surface area (Å²) in [5.74, 6) is 0.968. The van der Waals surface area contributed by atoms with Crippen LogP contribution in [-0.2, 0) is 7.05 Å². The number of nitrogens with zero attached hydrogens (tertiary/aromatic N) is 1. The van der Waals surface area contributed by atoms with Crippen molar-refractivity contribution in [2.45, 2.75) is 32.7 Å². The molecule has 19 heavy (non-hydrogen) atoms. The molecule has 1 aliphatic rings. The van der Waals surface area contributed by atoms with Crippen molar-refractivity contribution >= 4 is 10.9 Å². The predicted molar refractivity (Wildman–Crippen MR) is 78.9 cm³/mol. The van der Waals surface area contributed by atoms with Crippen molar-refractivity contribution in [3.63, 3.8) is 0 Å². The summed E-state index contributed by atoms with van der Waals surface area (Å²) >= 11 is 0. The van der Waals surface area contributed by atoms with Gasteiger partial charge in [0.25, 0.3) is 0 Å². The van der Waals surface area contributed by atoms with Gasteiger partial charge in [-0.2, -0.15) is 0 Å². The van der Waals surface area contributed by atoms with Gasteiger partial charge in [0, 0.05) is 24.2 Å². The molecule has 0 radical (unpaired) electrons. The lowest BCUT2D eigenvalue weighted by molar-refractivity contribution is 0.417. The molecular formula is C16H22N2O. The highest BCUT2D eigenvalue weighted by atomic mass is 16.5. The van der Waals surface area contributed by atoms with Gasteiger partial charge in [-0.1, -0.05) is 6.07 Å². The van der Waals surface area contributed by atoms with Crippen LogP contribution in [0.4, 0.5) is 0 Å². The summed E-state index contributed by atoms with van der Waals surface area (Å²) in [6, 6.07) is 4.71. The molecule has 2 heterocycles. The smallest absolute Gasteiger partial charge is 0.143 e. The van der Waals surface area contributed by atoms with E-state index >= 15 is 0 Å². The predicted octanol–water partition coefficient (Wildman–Crippen LogP) is 3.23. The Morgan fingerprint density at radius 3 is 2.74 bits per heavy atom. The number of aromatic nitrogens is 1. The Labute approximate surface area is 114 Å². The van der Waals surface area contributed by atoms with Crippen LogP contribution in [0.1, 0.15) is 35.7 Å².